The molecule has 0 aromatic heterocycles. The number of carboxylic acid groups (broad SMARTS) is 1. The zero-order valence-electron chi connectivity index (χ0n) is 17.0. The number of amides is 1. The summed E-state index contributed by atoms with van der Waals surface area (Å²) in [5.41, 5.74) is 4.37. The first kappa shape index (κ1) is 19.9. The van der Waals surface area contributed by atoms with E-state index in [2.05, 4.69) is 45.1 Å². The van der Waals surface area contributed by atoms with Gasteiger partial charge in [-0.25, -0.2) is 4.79 Å². The Morgan fingerprint density at radius 3 is 2.07 bits per heavy atom. The van der Waals surface area contributed by atoms with Crippen LogP contribution in [-0.2, 0) is 10.8 Å². The predicted octanol–water partition coefficient (Wildman–Crippen LogP) is 5.00. The van der Waals surface area contributed by atoms with Gasteiger partial charge in [0.25, 0.3) is 5.91 Å². The molecule has 28 heavy (non-hydrogen) atoms. The van der Waals surface area contributed by atoms with Crippen molar-refractivity contribution < 1.29 is 19.8 Å². The van der Waals surface area contributed by atoms with Crippen LogP contribution in [0.5, 0.6) is 5.75 Å². The van der Waals surface area contributed by atoms with Gasteiger partial charge in [0.2, 0.25) is 0 Å². The maximum Gasteiger partial charge on any atom is 0.339 e. The van der Waals surface area contributed by atoms with Gasteiger partial charge in [0.05, 0.1) is 0 Å². The van der Waals surface area contributed by atoms with Crippen LogP contribution in [0.25, 0.3) is 0 Å². The maximum atomic E-state index is 12.7. The smallest absolute Gasteiger partial charge is 0.339 e. The fourth-order valence-electron chi connectivity index (χ4n) is 3.91. The largest absolute Gasteiger partial charge is 0.507 e. The number of anilines is 1. The fraction of sp³-hybridized carbons (Fsp3) is 0.391. The van der Waals surface area contributed by atoms with Gasteiger partial charge in [0, 0.05) is 11.3 Å². The van der Waals surface area contributed by atoms with E-state index in [1.807, 2.05) is 6.92 Å². The minimum Gasteiger partial charge on any atom is -0.507 e. The monoisotopic (exact) mass is 381 g/mol. The lowest BCUT2D eigenvalue weighted by molar-refractivity contribution is 0.0693. The van der Waals surface area contributed by atoms with Gasteiger partial charge in [0.1, 0.15) is 11.3 Å². The molecule has 0 fully saturated rings. The van der Waals surface area contributed by atoms with Crippen LogP contribution in [0.1, 0.15) is 77.9 Å². The highest BCUT2D eigenvalue weighted by Gasteiger charge is 2.37. The Morgan fingerprint density at radius 1 is 0.964 bits per heavy atom. The Balaban J connectivity index is 1.96. The molecule has 1 aliphatic rings. The number of aromatic hydroxyl groups is 1. The van der Waals surface area contributed by atoms with Crippen molar-refractivity contribution in [3.05, 3.63) is 58.1 Å². The Kier molecular flexibility index (Phi) is 4.74. The lowest BCUT2D eigenvalue weighted by Gasteiger charge is -2.42. The summed E-state index contributed by atoms with van der Waals surface area (Å²) in [6.45, 7) is 10.9. The van der Waals surface area contributed by atoms with Crippen LogP contribution in [0.3, 0.4) is 0 Å². The second-order valence-electron chi connectivity index (χ2n) is 8.97. The highest BCUT2D eigenvalue weighted by atomic mass is 16.4. The topological polar surface area (TPSA) is 86.6 Å². The third kappa shape index (κ3) is 3.49. The molecule has 0 bridgehead atoms. The van der Waals surface area contributed by atoms with Crippen molar-refractivity contribution in [3.8, 4) is 5.75 Å². The molecule has 1 aliphatic carbocycles. The van der Waals surface area contributed by atoms with E-state index in [1.54, 1.807) is 0 Å². The normalized spacial score (nSPS) is 16.9. The summed E-state index contributed by atoms with van der Waals surface area (Å²) >= 11 is 0. The molecule has 0 heterocycles. The number of hydrogen-bond donors (Lipinski definition) is 3. The number of carbonyl (C=O) groups is 2. The van der Waals surface area contributed by atoms with E-state index in [-0.39, 0.29) is 27.9 Å². The summed E-state index contributed by atoms with van der Waals surface area (Å²) in [5.74, 6) is -2.05. The Bertz CT molecular complexity index is 973. The first-order chi connectivity index (χ1) is 12.9. The highest BCUT2D eigenvalue weighted by molar-refractivity contribution is 6.05. The van der Waals surface area contributed by atoms with E-state index in [9.17, 15) is 14.7 Å². The van der Waals surface area contributed by atoms with E-state index in [1.165, 1.54) is 29.3 Å². The number of aromatic carboxylic acids is 1. The number of aryl methyl sites for hydroxylation is 1. The zero-order valence-corrected chi connectivity index (χ0v) is 17.0. The lowest BCUT2D eigenvalue weighted by Crippen LogP contribution is -2.34. The van der Waals surface area contributed by atoms with Crippen LogP contribution in [0.4, 0.5) is 5.69 Å². The number of carboxylic acids is 1. The first-order valence-electron chi connectivity index (χ1n) is 9.46. The van der Waals surface area contributed by atoms with Crippen molar-refractivity contribution in [1.29, 1.82) is 0 Å². The van der Waals surface area contributed by atoms with Gasteiger partial charge < -0.3 is 15.5 Å². The van der Waals surface area contributed by atoms with Crippen LogP contribution in [0.2, 0.25) is 0 Å². The van der Waals surface area contributed by atoms with E-state index >= 15 is 0 Å². The molecule has 5 nitrogen and oxygen atoms in total. The molecule has 0 radical (unpaired) electrons. The van der Waals surface area contributed by atoms with Gasteiger partial charge in [-0.2, -0.15) is 0 Å². The Morgan fingerprint density at radius 2 is 1.54 bits per heavy atom. The van der Waals surface area contributed by atoms with Crippen molar-refractivity contribution in [1.82, 2.24) is 0 Å². The van der Waals surface area contributed by atoms with Gasteiger partial charge in [-0.1, -0.05) is 33.8 Å². The molecule has 0 atom stereocenters. The average Bonchev–Trinajstić information content (AvgIpc) is 2.60. The van der Waals surface area contributed by atoms with E-state index < -0.39 is 11.7 Å². The number of carbonyl (C=O) groups excluding carboxylic acids is 1. The summed E-state index contributed by atoms with van der Waals surface area (Å²) in [7, 11) is 0. The minimum absolute atomic E-state index is 0.0272. The maximum absolute atomic E-state index is 12.7. The molecule has 0 saturated carbocycles. The molecular formula is C23H27NO4. The van der Waals surface area contributed by atoms with Crippen molar-refractivity contribution in [2.45, 2.75) is 58.3 Å². The predicted molar refractivity (Wildman–Crippen MR) is 109 cm³/mol. The van der Waals surface area contributed by atoms with Crippen LogP contribution < -0.4 is 5.32 Å². The summed E-state index contributed by atoms with van der Waals surface area (Å²) < 4.78 is 0. The van der Waals surface area contributed by atoms with Crippen LogP contribution in [0.15, 0.2) is 30.3 Å². The molecule has 5 heteroatoms. The second kappa shape index (κ2) is 6.66. The molecule has 2 aromatic rings. The quantitative estimate of drug-likeness (QED) is 0.698. The highest BCUT2D eigenvalue weighted by Crippen LogP contribution is 2.47. The Hall–Kier alpha value is -2.82. The van der Waals surface area contributed by atoms with Crippen molar-refractivity contribution >= 4 is 17.6 Å². The third-order valence-corrected chi connectivity index (χ3v) is 5.94. The number of phenols is 1. The number of benzene rings is 2. The van der Waals surface area contributed by atoms with Crippen molar-refractivity contribution in [3.63, 3.8) is 0 Å². The van der Waals surface area contributed by atoms with Gasteiger partial charge in [0.15, 0.2) is 0 Å². The fourth-order valence-corrected chi connectivity index (χ4v) is 3.91. The van der Waals surface area contributed by atoms with Gasteiger partial charge in [-0.05, 0) is 71.6 Å². The van der Waals surface area contributed by atoms with Crippen molar-refractivity contribution in [2.24, 2.45) is 0 Å². The Labute approximate surface area is 165 Å². The molecule has 3 rings (SSSR count). The zero-order chi connectivity index (χ0) is 20.9. The molecule has 0 aliphatic heterocycles. The minimum atomic E-state index is -1.24. The van der Waals surface area contributed by atoms with Crippen LogP contribution in [0, 0.1) is 6.92 Å². The standard InChI is InChI=1S/C23H27NO4/c1-13-10-16-17(23(4,5)9-8-22(16,2)3)12-18(13)24-20(26)14-6-7-15(21(27)28)19(25)11-14/h6-7,10-12,25H,8-9H2,1-5H3,(H,24,26)(H,27,28). The summed E-state index contributed by atoms with van der Waals surface area (Å²) in [4.78, 5) is 23.7. The first-order valence-corrected chi connectivity index (χ1v) is 9.46. The molecule has 0 saturated heterocycles. The number of fused-ring (bicyclic) bond motifs is 1. The molecule has 148 valence electrons. The molecule has 0 spiro atoms. The van der Waals surface area contributed by atoms with Gasteiger partial charge in [-0.15, -0.1) is 0 Å². The van der Waals surface area contributed by atoms with E-state index in [0.717, 1.165) is 24.1 Å². The summed E-state index contributed by atoms with van der Waals surface area (Å²) in [6.07, 6.45) is 2.20. The van der Waals surface area contributed by atoms with Crippen LogP contribution >= 0.6 is 0 Å². The van der Waals surface area contributed by atoms with Crippen LogP contribution in [-0.4, -0.2) is 22.1 Å². The molecular weight excluding hydrogens is 354 g/mol. The summed E-state index contributed by atoms with van der Waals surface area (Å²) in [5, 5.41) is 21.8. The van der Waals surface area contributed by atoms with E-state index in [4.69, 9.17) is 5.11 Å². The summed E-state index contributed by atoms with van der Waals surface area (Å²) in [6, 6.07) is 8.04. The van der Waals surface area contributed by atoms with Crippen molar-refractivity contribution in [2.75, 3.05) is 5.32 Å². The molecule has 3 N–H and O–H groups in total. The van der Waals surface area contributed by atoms with E-state index in [0.29, 0.717) is 0 Å². The SMILES string of the molecule is Cc1cc2c(cc1NC(=O)c1ccc(C(=O)O)c(O)c1)C(C)(C)CCC2(C)C. The number of hydrogen-bond acceptors (Lipinski definition) is 3. The van der Waals surface area contributed by atoms with Gasteiger partial charge >= 0.3 is 5.97 Å². The average molecular weight is 381 g/mol. The lowest BCUT2D eigenvalue weighted by atomic mass is 9.63. The molecule has 1 amide bonds. The van der Waals surface area contributed by atoms with Gasteiger partial charge in [-0.3, -0.25) is 4.79 Å². The third-order valence-electron chi connectivity index (χ3n) is 5.94. The molecule has 2 aromatic carbocycles. The number of nitrogens with one attached hydrogen (secondary N) is 1. The molecule has 0 unspecified atom stereocenters. The number of rotatable bonds is 3. The second-order valence-corrected chi connectivity index (χ2v) is 8.97.